The van der Waals surface area contributed by atoms with Gasteiger partial charge in [0.1, 0.15) is 0 Å². The van der Waals surface area contributed by atoms with E-state index in [2.05, 4.69) is 5.84 Å². The Hall–Kier alpha value is -0.750. The molecule has 76 valence electrons. The zero-order valence-corrected chi connectivity index (χ0v) is 7.39. The molecule has 0 unspecified atom stereocenters. The van der Waals surface area contributed by atoms with Gasteiger partial charge >= 0.3 is 11.8 Å². The zero-order valence-electron chi connectivity index (χ0n) is 7.39. The maximum atomic E-state index is 12.9. The van der Waals surface area contributed by atoms with E-state index < -0.39 is 18.4 Å². The standard InChI is InChI=1S/C7H13F2N3O/c1-12(5-2-3-5)4-7(8,9)6(13)11-10/h5H,2-4,10H2,1H3,(H,11,13). The van der Waals surface area contributed by atoms with Crippen molar-refractivity contribution in [3.8, 4) is 0 Å². The Kier molecular flexibility index (Phi) is 2.82. The summed E-state index contributed by atoms with van der Waals surface area (Å²) in [6.45, 7) is -0.569. The Morgan fingerprint density at radius 3 is 2.62 bits per heavy atom. The Labute approximate surface area is 75.0 Å². The van der Waals surface area contributed by atoms with E-state index >= 15 is 0 Å². The Balaban J connectivity index is 2.44. The van der Waals surface area contributed by atoms with Gasteiger partial charge in [0.25, 0.3) is 0 Å². The fraction of sp³-hybridized carbons (Fsp3) is 0.857. The van der Waals surface area contributed by atoms with Crippen molar-refractivity contribution in [2.75, 3.05) is 13.6 Å². The van der Waals surface area contributed by atoms with Crippen molar-refractivity contribution in [1.29, 1.82) is 0 Å². The number of hydrogen-bond donors (Lipinski definition) is 2. The van der Waals surface area contributed by atoms with Crippen LogP contribution in [0.4, 0.5) is 8.78 Å². The summed E-state index contributed by atoms with van der Waals surface area (Å²) in [7, 11) is 1.58. The highest BCUT2D eigenvalue weighted by atomic mass is 19.3. The van der Waals surface area contributed by atoms with E-state index in [9.17, 15) is 13.6 Å². The smallest absolute Gasteiger partial charge is 0.297 e. The minimum atomic E-state index is -3.40. The summed E-state index contributed by atoms with van der Waals surface area (Å²) >= 11 is 0. The lowest BCUT2D eigenvalue weighted by Gasteiger charge is -2.21. The molecule has 0 aromatic heterocycles. The molecule has 0 aromatic carbocycles. The molecule has 0 heterocycles. The number of alkyl halides is 2. The van der Waals surface area contributed by atoms with Crippen LogP contribution in [0, 0.1) is 0 Å². The third-order valence-corrected chi connectivity index (χ3v) is 2.08. The number of amides is 1. The predicted molar refractivity (Wildman–Crippen MR) is 42.9 cm³/mol. The molecule has 4 nitrogen and oxygen atoms in total. The molecule has 1 fully saturated rings. The number of halogens is 2. The van der Waals surface area contributed by atoms with Crippen molar-refractivity contribution in [2.24, 2.45) is 5.84 Å². The molecule has 1 amide bonds. The molecule has 1 aliphatic rings. The highest BCUT2D eigenvalue weighted by Crippen LogP contribution is 2.27. The summed E-state index contributed by atoms with van der Waals surface area (Å²) in [5.74, 6) is -0.200. The van der Waals surface area contributed by atoms with E-state index in [1.165, 1.54) is 10.3 Å². The number of hydrazine groups is 1. The molecule has 0 aliphatic heterocycles. The maximum Gasteiger partial charge on any atom is 0.338 e. The lowest BCUT2D eigenvalue weighted by atomic mass is 10.3. The summed E-state index contributed by atoms with van der Waals surface area (Å²) in [4.78, 5) is 12.1. The van der Waals surface area contributed by atoms with Crippen LogP contribution in [0.1, 0.15) is 12.8 Å². The Morgan fingerprint density at radius 2 is 2.23 bits per heavy atom. The van der Waals surface area contributed by atoms with Gasteiger partial charge in [-0.3, -0.25) is 15.1 Å². The summed E-state index contributed by atoms with van der Waals surface area (Å²) < 4.78 is 25.8. The summed E-state index contributed by atoms with van der Waals surface area (Å²) in [5, 5.41) is 0. The van der Waals surface area contributed by atoms with Crippen LogP contribution in [0.5, 0.6) is 0 Å². The molecule has 13 heavy (non-hydrogen) atoms. The number of rotatable bonds is 4. The van der Waals surface area contributed by atoms with Crippen molar-refractivity contribution in [2.45, 2.75) is 24.8 Å². The van der Waals surface area contributed by atoms with Gasteiger partial charge in [-0.2, -0.15) is 8.78 Å². The fourth-order valence-electron chi connectivity index (χ4n) is 1.14. The maximum absolute atomic E-state index is 12.9. The molecule has 0 spiro atoms. The van der Waals surface area contributed by atoms with Crippen LogP contribution < -0.4 is 11.3 Å². The lowest BCUT2D eigenvalue weighted by molar-refractivity contribution is -0.148. The van der Waals surface area contributed by atoms with Gasteiger partial charge in [-0.1, -0.05) is 0 Å². The first-order valence-electron chi connectivity index (χ1n) is 4.06. The van der Waals surface area contributed by atoms with Crippen molar-refractivity contribution < 1.29 is 13.6 Å². The van der Waals surface area contributed by atoms with Gasteiger partial charge in [-0.15, -0.1) is 0 Å². The summed E-state index contributed by atoms with van der Waals surface area (Å²) in [6, 6.07) is 0.205. The van der Waals surface area contributed by atoms with E-state index in [0.29, 0.717) is 0 Å². The van der Waals surface area contributed by atoms with E-state index in [1.807, 2.05) is 0 Å². The number of nitrogens with zero attached hydrogens (tertiary/aromatic N) is 1. The van der Waals surface area contributed by atoms with Gasteiger partial charge in [-0.25, -0.2) is 5.84 Å². The van der Waals surface area contributed by atoms with Crippen LogP contribution in [0.3, 0.4) is 0 Å². The number of nitrogens with one attached hydrogen (secondary N) is 1. The SMILES string of the molecule is CN(CC(F)(F)C(=O)NN)C1CC1. The highest BCUT2D eigenvalue weighted by Gasteiger charge is 2.42. The fourth-order valence-corrected chi connectivity index (χ4v) is 1.14. The van der Waals surface area contributed by atoms with Gasteiger partial charge in [0.2, 0.25) is 0 Å². The van der Waals surface area contributed by atoms with Crippen LogP contribution in [-0.2, 0) is 4.79 Å². The van der Waals surface area contributed by atoms with E-state index in [0.717, 1.165) is 12.8 Å². The monoisotopic (exact) mass is 193 g/mol. The third-order valence-electron chi connectivity index (χ3n) is 2.08. The average Bonchev–Trinajstić information content (AvgIpc) is 2.84. The first-order valence-corrected chi connectivity index (χ1v) is 4.06. The van der Waals surface area contributed by atoms with Crippen molar-refractivity contribution in [3.63, 3.8) is 0 Å². The van der Waals surface area contributed by atoms with Crippen molar-refractivity contribution in [1.82, 2.24) is 10.3 Å². The van der Waals surface area contributed by atoms with Crippen LogP contribution in [0.2, 0.25) is 0 Å². The first-order chi connectivity index (χ1) is 5.97. The second-order valence-corrected chi connectivity index (χ2v) is 3.32. The zero-order chi connectivity index (χ0) is 10.1. The van der Waals surface area contributed by atoms with Gasteiger partial charge in [-0.05, 0) is 19.9 Å². The number of hydrogen-bond acceptors (Lipinski definition) is 3. The lowest BCUT2D eigenvalue weighted by Crippen LogP contribution is -2.49. The van der Waals surface area contributed by atoms with Gasteiger partial charge in [0.15, 0.2) is 0 Å². The minimum Gasteiger partial charge on any atom is -0.297 e. The van der Waals surface area contributed by atoms with Crippen molar-refractivity contribution >= 4 is 5.91 Å². The highest BCUT2D eigenvalue weighted by molar-refractivity contribution is 5.83. The van der Waals surface area contributed by atoms with Crippen LogP contribution in [0.15, 0.2) is 0 Å². The van der Waals surface area contributed by atoms with Crippen LogP contribution >= 0.6 is 0 Å². The molecule has 0 aromatic rings. The molecule has 1 aliphatic carbocycles. The molecule has 0 radical (unpaired) electrons. The second-order valence-electron chi connectivity index (χ2n) is 3.32. The largest absolute Gasteiger partial charge is 0.338 e. The summed E-state index contributed by atoms with van der Waals surface area (Å²) in [5.41, 5.74) is 1.45. The molecule has 6 heteroatoms. The molecule has 0 saturated heterocycles. The van der Waals surface area contributed by atoms with Gasteiger partial charge in [0, 0.05) is 6.04 Å². The van der Waals surface area contributed by atoms with Crippen LogP contribution in [0.25, 0.3) is 0 Å². The number of carbonyl (C=O) groups is 1. The molecular weight excluding hydrogens is 180 g/mol. The van der Waals surface area contributed by atoms with E-state index in [4.69, 9.17) is 0 Å². The molecule has 1 rings (SSSR count). The number of nitrogens with two attached hydrogens (primary N) is 1. The topological polar surface area (TPSA) is 58.4 Å². The average molecular weight is 193 g/mol. The predicted octanol–water partition coefficient (Wildman–Crippen LogP) is -0.294. The second kappa shape index (κ2) is 3.55. The quantitative estimate of drug-likeness (QED) is 0.366. The van der Waals surface area contributed by atoms with Gasteiger partial charge in [0.05, 0.1) is 6.54 Å². The van der Waals surface area contributed by atoms with Crippen LogP contribution in [-0.4, -0.2) is 36.4 Å². The first kappa shape index (κ1) is 10.3. The number of carbonyl (C=O) groups excluding carboxylic acids is 1. The minimum absolute atomic E-state index is 0.205. The Bertz CT molecular complexity index is 206. The Morgan fingerprint density at radius 1 is 1.69 bits per heavy atom. The third kappa shape index (κ3) is 2.60. The molecular formula is C7H13F2N3O. The summed E-state index contributed by atoms with van der Waals surface area (Å²) in [6.07, 6.45) is 1.85. The molecule has 1 saturated carbocycles. The molecule has 0 atom stereocenters. The molecule has 3 N–H and O–H groups in total. The van der Waals surface area contributed by atoms with Crippen molar-refractivity contribution in [3.05, 3.63) is 0 Å². The van der Waals surface area contributed by atoms with Gasteiger partial charge < -0.3 is 0 Å². The van der Waals surface area contributed by atoms with E-state index in [-0.39, 0.29) is 6.04 Å². The normalized spacial score (nSPS) is 17.6. The molecule has 0 bridgehead atoms. The van der Waals surface area contributed by atoms with E-state index in [1.54, 1.807) is 7.05 Å².